The predicted molar refractivity (Wildman–Crippen MR) is 147 cm³/mol. The van der Waals surface area contributed by atoms with Gasteiger partial charge in [-0.15, -0.1) is 0 Å². The van der Waals surface area contributed by atoms with E-state index in [4.69, 9.17) is 23.2 Å². The standard InChI is InChI=1S/C27H28Cl2FN3O4S/c1-18(2)31-27(35)19(3)32(16-20-9-7-8-12-24(20)30)26(34)17-33(25-15-21(28)13-14-23(25)29)38(36,37)22-10-5-4-6-11-22/h4-15,18-19H,16-17H2,1-3H3,(H,31,35). The number of anilines is 1. The average Bonchev–Trinajstić information content (AvgIpc) is 2.88. The molecule has 0 saturated carbocycles. The van der Waals surface area contributed by atoms with Crippen molar-refractivity contribution in [1.29, 1.82) is 0 Å². The van der Waals surface area contributed by atoms with E-state index in [0.717, 1.165) is 9.21 Å². The SMILES string of the molecule is CC(C)NC(=O)C(C)N(Cc1ccccc1F)C(=O)CN(c1cc(Cl)ccc1Cl)S(=O)(=O)c1ccccc1. The monoisotopic (exact) mass is 579 g/mol. The molecule has 0 fully saturated rings. The summed E-state index contributed by atoms with van der Waals surface area (Å²) in [4.78, 5) is 27.7. The Hall–Kier alpha value is -3.14. The first-order valence-electron chi connectivity index (χ1n) is 11.8. The summed E-state index contributed by atoms with van der Waals surface area (Å²) in [5.41, 5.74) is 0.157. The first-order chi connectivity index (χ1) is 17.9. The number of amides is 2. The summed E-state index contributed by atoms with van der Waals surface area (Å²) in [5, 5.41) is 2.99. The Morgan fingerprint density at radius 1 is 0.947 bits per heavy atom. The van der Waals surface area contributed by atoms with Gasteiger partial charge in [-0.3, -0.25) is 13.9 Å². The number of nitrogens with one attached hydrogen (secondary N) is 1. The third-order valence-corrected chi connectivity index (χ3v) is 8.01. The lowest BCUT2D eigenvalue weighted by atomic mass is 10.1. The van der Waals surface area contributed by atoms with Crippen LogP contribution in [0.5, 0.6) is 0 Å². The van der Waals surface area contributed by atoms with Crippen LogP contribution in [-0.2, 0) is 26.2 Å². The van der Waals surface area contributed by atoms with Crippen LogP contribution in [0.1, 0.15) is 26.3 Å². The Bertz CT molecular complexity index is 1400. The highest BCUT2D eigenvalue weighted by Crippen LogP contribution is 2.33. The number of hydrogen-bond acceptors (Lipinski definition) is 4. The second kappa shape index (κ2) is 12.6. The third kappa shape index (κ3) is 7.03. The van der Waals surface area contributed by atoms with Gasteiger partial charge in [0.1, 0.15) is 18.4 Å². The molecule has 3 rings (SSSR count). The zero-order chi connectivity index (χ0) is 28.0. The molecule has 38 heavy (non-hydrogen) atoms. The fourth-order valence-corrected chi connectivity index (χ4v) is 5.59. The summed E-state index contributed by atoms with van der Waals surface area (Å²) < 4.78 is 42.9. The van der Waals surface area contributed by atoms with Crippen LogP contribution in [0.4, 0.5) is 10.1 Å². The van der Waals surface area contributed by atoms with Gasteiger partial charge in [-0.1, -0.05) is 59.6 Å². The smallest absolute Gasteiger partial charge is 0.264 e. The second-order valence-electron chi connectivity index (χ2n) is 8.87. The number of carbonyl (C=O) groups is 2. The number of hydrogen-bond donors (Lipinski definition) is 1. The van der Waals surface area contributed by atoms with E-state index >= 15 is 0 Å². The van der Waals surface area contributed by atoms with Gasteiger partial charge in [0.25, 0.3) is 10.0 Å². The van der Waals surface area contributed by atoms with Crippen LogP contribution in [0.2, 0.25) is 10.0 Å². The predicted octanol–water partition coefficient (Wildman–Crippen LogP) is 5.27. The lowest BCUT2D eigenvalue weighted by molar-refractivity contribution is -0.139. The molecule has 0 radical (unpaired) electrons. The van der Waals surface area contributed by atoms with Crippen LogP contribution in [0.3, 0.4) is 0 Å². The van der Waals surface area contributed by atoms with Crippen LogP contribution in [0.25, 0.3) is 0 Å². The highest BCUT2D eigenvalue weighted by molar-refractivity contribution is 7.92. The Morgan fingerprint density at radius 3 is 2.21 bits per heavy atom. The Labute approximate surface area is 232 Å². The molecule has 202 valence electrons. The van der Waals surface area contributed by atoms with E-state index in [2.05, 4.69) is 5.32 Å². The molecule has 0 spiro atoms. The topological polar surface area (TPSA) is 86.8 Å². The lowest BCUT2D eigenvalue weighted by Crippen LogP contribution is -2.52. The molecule has 0 aliphatic carbocycles. The van der Waals surface area contributed by atoms with Crippen molar-refractivity contribution in [3.05, 3.63) is 94.2 Å². The molecular weight excluding hydrogens is 552 g/mol. The summed E-state index contributed by atoms with van der Waals surface area (Å²) in [6, 6.07) is 16.4. The molecule has 1 unspecified atom stereocenters. The van der Waals surface area contributed by atoms with E-state index in [1.54, 1.807) is 38.1 Å². The van der Waals surface area contributed by atoms with Gasteiger partial charge in [-0.2, -0.15) is 0 Å². The Kier molecular flexibility index (Phi) is 9.76. The molecule has 0 aliphatic rings. The summed E-state index contributed by atoms with van der Waals surface area (Å²) >= 11 is 12.5. The minimum atomic E-state index is -4.30. The number of halogens is 3. The lowest BCUT2D eigenvalue weighted by Gasteiger charge is -2.32. The molecule has 0 bridgehead atoms. The van der Waals surface area contributed by atoms with Crippen molar-refractivity contribution in [2.24, 2.45) is 0 Å². The molecule has 0 aliphatic heterocycles. The fraction of sp³-hybridized carbons (Fsp3) is 0.259. The van der Waals surface area contributed by atoms with Crippen molar-refractivity contribution in [2.75, 3.05) is 10.8 Å². The minimum Gasteiger partial charge on any atom is -0.352 e. The van der Waals surface area contributed by atoms with Crippen molar-refractivity contribution in [1.82, 2.24) is 10.2 Å². The van der Waals surface area contributed by atoms with Crippen LogP contribution >= 0.6 is 23.2 Å². The van der Waals surface area contributed by atoms with Crippen LogP contribution in [0, 0.1) is 5.82 Å². The molecular formula is C27H28Cl2FN3O4S. The molecule has 0 aromatic heterocycles. The van der Waals surface area contributed by atoms with Crippen LogP contribution < -0.4 is 9.62 Å². The molecule has 11 heteroatoms. The van der Waals surface area contributed by atoms with Gasteiger partial charge < -0.3 is 10.2 Å². The van der Waals surface area contributed by atoms with Gasteiger partial charge in [0, 0.05) is 23.2 Å². The number of carbonyl (C=O) groups excluding carboxylic acids is 2. The van der Waals surface area contributed by atoms with E-state index in [9.17, 15) is 22.4 Å². The van der Waals surface area contributed by atoms with E-state index in [-0.39, 0.29) is 38.8 Å². The highest BCUT2D eigenvalue weighted by atomic mass is 35.5. The molecule has 2 amide bonds. The van der Waals surface area contributed by atoms with Gasteiger partial charge in [-0.25, -0.2) is 12.8 Å². The van der Waals surface area contributed by atoms with Crippen molar-refractivity contribution in [3.8, 4) is 0 Å². The van der Waals surface area contributed by atoms with Crippen molar-refractivity contribution in [3.63, 3.8) is 0 Å². The van der Waals surface area contributed by atoms with Crippen LogP contribution in [-0.4, -0.2) is 43.8 Å². The van der Waals surface area contributed by atoms with Gasteiger partial charge in [0.2, 0.25) is 11.8 Å². The highest BCUT2D eigenvalue weighted by Gasteiger charge is 2.33. The summed E-state index contributed by atoms with van der Waals surface area (Å²) in [7, 11) is -4.30. The maximum Gasteiger partial charge on any atom is 0.264 e. The van der Waals surface area contributed by atoms with E-state index in [0.29, 0.717) is 0 Å². The number of rotatable bonds is 10. The maximum absolute atomic E-state index is 14.5. The third-order valence-electron chi connectivity index (χ3n) is 5.68. The normalized spacial score (nSPS) is 12.2. The van der Waals surface area contributed by atoms with Gasteiger partial charge in [0.15, 0.2) is 0 Å². The first kappa shape index (κ1) is 29.4. The summed E-state index contributed by atoms with van der Waals surface area (Å²) in [6.07, 6.45) is 0. The second-order valence-corrected chi connectivity index (χ2v) is 11.6. The largest absolute Gasteiger partial charge is 0.352 e. The fourth-order valence-electron chi connectivity index (χ4n) is 3.71. The zero-order valence-corrected chi connectivity index (χ0v) is 23.4. The number of nitrogens with zero attached hydrogens (tertiary/aromatic N) is 2. The maximum atomic E-state index is 14.5. The van der Waals surface area contributed by atoms with E-state index in [1.807, 2.05) is 0 Å². The van der Waals surface area contributed by atoms with Gasteiger partial charge >= 0.3 is 0 Å². The Balaban J connectivity index is 2.08. The molecule has 1 atom stereocenters. The Morgan fingerprint density at radius 2 is 1.58 bits per heavy atom. The molecule has 1 N–H and O–H groups in total. The quantitative estimate of drug-likeness (QED) is 0.354. The van der Waals surface area contributed by atoms with E-state index in [1.165, 1.54) is 55.5 Å². The molecule has 3 aromatic rings. The van der Waals surface area contributed by atoms with Crippen molar-refractivity contribution < 1.29 is 22.4 Å². The van der Waals surface area contributed by atoms with E-state index < -0.39 is 40.2 Å². The molecule has 0 heterocycles. The van der Waals surface area contributed by atoms with Crippen molar-refractivity contribution >= 4 is 50.7 Å². The summed E-state index contributed by atoms with van der Waals surface area (Å²) in [6.45, 7) is 4.05. The summed E-state index contributed by atoms with van der Waals surface area (Å²) in [5.74, 6) is -1.77. The minimum absolute atomic E-state index is 0.0125. The number of sulfonamides is 1. The molecule has 7 nitrogen and oxygen atoms in total. The zero-order valence-electron chi connectivity index (χ0n) is 21.1. The number of benzene rings is 3. The van der Waals surface area contributed by atoms with Crippen molar-refractivity contribution in [2.45, 2.75) is 44.3 Å². The van der Waals surface area contributed by atoms with Crippen LogP contribution in [0.15, 0.2) is 77.7 Å². The van der Waals surface area contributed by atoms with Gasteiger partial charge in [0.05, 0.1) is 15.6 Å². The first-order valence-corrected chi connectivity index (χ1v) is 14.0. The van der Waals surface area contributed by atoms with Gasteiger partial charge in [-0.05, 0) is 57.2 Å². The molecule has 0 saturated heterocycles. The average molecular weight is 581 g/mol. The molecule has 3 aromatic carbocycles.